The van der Waals surface area contributed by atoms with Gasteiger partial charge in [0.15, 0.2) is 0 Å². The van der Waals surface area contributed by atoms with Crippen LogP contribution in [-0.4, -0.2) is 36.9 Å². The van der Waals surface area contributed by atoms with Gasteiger partial charge in [0.2, 0.25) is 0 Å². The first kappa shape index (κ1) is 29.1. The molecular weight excluding hydrogens is 591 g/mol. The fourth-order valence-corrected chi connectivity index (χ4v) is 5.92. The number of rotatable bonds is 12. The molecule has 11 heteroatoms. The van der Waals surface area contributed by atoms with E-state index in [4.69, 9.17) is 20.8 Å². The van der Waals surface area contributed by atoms with Crippen LogP contribution in [0, 0.1) is 11.7 Å². The van der Waals surface area contributed by atoms with Gasteiger partial charge in [-0.1, -0.05) is 23.7 Å². The van der Waals surface area contributed by atoms with E-state index >= 15 is 0 Å². The molecule has 2 aromatic heterocycles. The van der Waals surface area contributed by atoms with Gasteiger partial charge in [-0.25, -0.2) is 22.8 Å². The maximum Gasteiger partial charge on any atom is 0.149 e. The van der Waals surface area contributed by atoms with Crippen LogP contribution >= 0.6 is 11.6 Å². The lowest BCUT2D eigenvalue weighted by atomic mass is 10.1. The molecule has 1 aliphatic rings. The zero-order valence-electron chi connectivity index (χ0n) is 23.4. The van der Waals surface area contributed by atoms with E-state index in [-0.39, 0.29) is 18.2 Å². The number of halogens is 2. The molecule has 0 saturated heterocycles. The zero-order chi connectivity index (χ0) is 30.0. The van der Waals surface area contributed by atoms with E-state index in [0.717, 1.165) is 35.9 Å². The minimum atomic E-state index is -3.22. The summed E-state index contributed by atoms with van der Waals surface area (Å²) in [5.41, 5.74) is 2.93. The lowest BCUT2D eigenvalue weighted by Crippen LogP contribution is -2.29. The average molecular weight is 621 g/mol. The highest BCUT2D eigenvalue weighted by Crippen LogP contribution is 2.34. The summed E-state index contributed by atoms with van der Waals surface area (Å²) < 4.78 is 49.7. The van der Waals surface area contributed by atoms with E-state index < -0.39 is 15.9 Å². The van der Waals surface area contributed by atoms with Crippen molar-refractivity contribution in [3.05, 3.63) is 101 Å². The predicted octanol–water partition coefficient (Wildman–Crippen LogP) is 7.09. The second kappa shape index (κ2) is 12.3. The normalized spacial score (nSPS) is 14.1. The third-order valence-electron chi connectivity index (χ3n) is 7.19. The van der Waals surface area contributed by atoms with Crippen LogP contribution in [0.25, 0.3) is 22.2 Å². The van der Waals surface area contributed by atoms with Gasteiger partial charge >= 0.3 is 0 Å². The fourth-order valence-electron chi connectivity index (χ4n) is 4.80. The van der Waals surface area contributed by atoms with Crippen LogP contribution in [-0.2, 0) is 16.4 Å². The van der Waals surface area contributed by atoms with E-state index in [1.807, 2.05) is 36.4 Å². The highest BCUT2D eigenvalue weighted by Gasteiger charge is 2.26. The average Bonchev–Trinajstić information content (AvgIpc) is 3.67. The molecule has 222 valence electrons. The third kappa shape index (κ3) is 7.51. The molecule has 8 nitrogen and oxygen atoms in total. The van der Waals surface area contributed by atoms with Crippen LogP contribution in [0.2, 0.25) is 5.02 Å². The van der Waals surface area contributed by atoms with Gasteiger partial charge in [0.05, 0.1) is 22.3 Å². The summed E-state index contributed by atoms with van der Waals surface area (Å²) in [5.74, 6) is 2.48. The SMILES string of the molecule is CS(=O)(=O)CC(NCC1CC1)c1ccc(-c2ccc3ncnc(Nc4ccc(OCc5cccc(F)c5)c(Cl)c4)c3c2)o1. The Morgan fingerprint density at radius 2 is 1.93 bits per heavy atom. The van der Waals surface area contributed by atoms with E-state index in [9.17, 15) is 12.8 Å². The van der Waals surface area contributed by atoms with Gasteiger partial charge in [0, 0.05) is 22.9 Å². The lowest BCUT2D eigenvalue weighted by molar-refractivity contribution is 0.306. The lowest BCUT2D eigenvalue weighted by Gasteiger charge is -2.15. The van der Waals surface area contributed by atoms with Crippen molar-refractivity contribution >= 4 is 43.8 Å². The summed E-state index contributed by atoms with van der Waals surface area (Å²) >= 11 is 6.50. The minimum absolute atomic E-state index is 0.0382. The topological polar surface area (TPSA) is 106 Å². The second-order valence-corrected chi connectivity index (χ2v) is 13.4. The molecular formula is C32H30ClFN4O4S. The summed E-state index contributed by atoms with van der Waals surface area (Å²) in [6, 6.07) is 20.5. The van der Waals surface area contributed by atoms with Gasteiger partial charge in [0.25, 0.3) is 0 Å². The van der Waals surface area contributed by atoms with Crippen molar-refractivity contribution in [2.24, 2.45) is 5.92 Å². The first-order valence-corrected chi connectivity index (χ1v) is 16.3. The Hall–Kier alpha value is -3.99. The maximum absolute atomic E-state index is 13.5. The number of furan rings is 1. The molecule has 6 rings (SSSR count). The quantitative estimate of drug-likeness (QED) is 0.152. The number of hydrogen-bond donors (Lipinski definition) is 2. The van der Waals surface area contributed by atoms with Crippen LogP contribution in [0.1, 0.15) is 30.2 Å². The van der Waals surface area contributed by atoms with E-state index in [1.54, 1.807) is 24.3 Å². The Bertz CT molecular complexity index is 1880. The van der Waals surface area contributed by atoms with Crippen molar-refractivity contribution in [1.29, 1.82) is 0 Å². The van der Waals surface area contributed by atoms with E-state index in [0.29, 0.717) is 45.3 Å². The largest absolute Gasteiger partial charge is 0.487 e. The van der Waals surface area contributed by atoms with Crippen LogP contribution in [0.3, 0.4) is 0 Å². The van der Waals surface area contributed by atoms with Crippen LogP contribution in [0.4, 0.5) is 15.9 Å². The molecule has 0 spiro atoms. The molecule has 2 N–H and O–H groups in total. The second-order valence-electron chi connectivity index (χ2n) is 10.8. The molecule has 5 aromatic rings. The molecule has 1 aliphatic carbocycles. The van der Waals surface area contributed by atoms with E-state index in [2.05, 4.69) is 20.6 Å². The molecule has 1 unspecified atom stereocenters. The van der Waals surface area contributed by atoms with Gasteiger partial charge in [-0.15, -0.1) is 0 Å². The van der Waals surface area contributed by atoms with E-state index in [1.165, 1.54) is 24.7 Å². The number of aromatic nitrogens is 2. The Labute approximate surface area is 254 Å². The highest BCUT2D eigenvalue weighted by atomic mass is 35.5. The maximum atomic E-state index is 13.5. The molecule has 3 aromatic carbocycles. The van der Waals surface area contributed by atoms with Crippen molar-refractivity contribution in [2.45, 2.75) is 25.5 Å². The Morgan fingerprint density at radius 3 is 2.70 bits per heavy atom. The van der Waals surface area contributed by atoms with Gasteiger partial charge in [-0.3, -0.25) is 0 Å². The molecule has 0 bridgehead atoms. The van der Waals surface area contributed by atoms with Crippen molar-refractivity contribution < 1.29 is 22.0 Å². The molecule has 0 radical (unpaired) electrons. The van der Waals surface area contributed by atoms with Crippen LogP contribution in [0.5, 0.6) is 5.75 Å². The molecule has 2 heterocycles. The Balaban J connectivity index is 1.21. The van der Waals surface area contributed by atoms with Crippen molar-refractivity contribution in [3.8, 4) is 17.1 Å². The molecule has 0 amide bonds. The molecule has 0 aliphatic heterocycles. The number of sulfone groups is 1. The smallest absolute Gasteiger partial charge is 0.149 e. The van der Waals surface area contributed by atoms with Crippen molar-refractivity contribution in [3.63, 3.8) is 0 Å². The number of ether oxygens (including phenoxy) is 1. The van der Waals surface area contributed by atoms with Crippen molar-refractivity contribution in [2.75, 3.05) is 23.9 Å². The third-order valence-corrected chi connectivity index (χ3v) is 8.42. The van der Waals surface area contributed by atoms with Gasteiger partial charge in [-0.05, 0) is 91.5 Å². The van der Waals surface area contributed by atoms with Gasteiger partial charge in [-0.2, -0.15) is 0 Å². The summed E-state index contributed by atoms with van der Waals surface area (Å²) in [7, 11) is -3.22. The number of nitrogens with zero attached hydrogens (tertiary/aromatic N) is 2. The Morgan fingerprint density at radius 1 is 1.07 bits per heavy atom. The standard InChI is InChI=1S/C32H30ClFN4O4S/c1-43(39,40)18-28(35-16-20-5-6-20)31-12-11-29(42-31)22-7-9-27-25(14-22)32(37-19-36-27)38-24-8-10-30(26(33)15-24)41-17-21-3-2-4-23(34)13-21/h2-4,7-15,19-20,28,35H,5-6,16-18H2,1H3,(H,36,37,38). The monoisotopic (exact) mass is 620 g/mol. The number of fused-ring (bicyclic) bond motifs is 1. The summed E-state index contributed by atoms with van der Waals surface area (Å²) in [4.78, 5) is 8.85. The Kier molecular flexibility index (Phi) is 8.34. The fraction of sp³-hybridized carbons (Fsp3) is 0.250. The molecule has 1 fully saturated rings. The van der Waals surface area contributed by atoms with Crippen LogP contribution in [0.15, 0.2) is 83.5 Å². The van der Waals surface area contributed by atoms with Gasteiger partial charge < -0.3 is 19.8 Å². The molecule has 1 atom stereocenters. The summed E-state index contributed by atoms with van der Waals surface area (Å²) in [5, 5.41) is 7.84. The highest BCUT2D eigenvalue weighted by molar-refractivity contribution is 7.90. The molecule has 43 heavy (non-hydrogen) atoms. The first-order valence-electron chi connectivity index (χ1n) is 13.9. The minimum Gasteiger partial charge on any atom is -0.487 e. The van der Waals surface area contributed by atoms with Gasteiger partial charge in [0.1, 0.15) is 51.7 Å². The first-order chi connectivity index (χ1) is 20.7. The predicted molar refractivity (Wildman–Crippen MR) is 166 cm³/mol. The number of anilines is 2. The number of benzene rings is 3. The van der Waals surface area contributed by atoms with Crippen LogP contribution < -0.4 is 15.4 Å². The summed E-state index contributed by atoms with van der Waals surface area (Å²) in [6.45, 7) is 0.951. The zero-order valence-corrected chi connectivity index (χ0v) is 25.0. The van der Waals surface area contributed by atoms with Crippen molar-refractivity contribution in [1.82, 2.24) is 15.3 Å². The number of hydrogen-bond acceptors (Lipinski definition) is 8. The number of nitrogens with one attached hydrogen (secondary N) is 2. The summed E-state index contributed by atoms with van der Waals surface area (Å²) in [6.07, 6.45) is 5.05. The molecule has 1 saturated carbocycles.